The summed E-state index contributed by atoms with van der Waals surface area (Å²) in [7, 11) is 0. The third-order valence-corrected chi connectivity index (χ3v) is 2.97. The molecule has 0 amide bonds. The molecule has 0 unspecified atom stereocenters. The molecule has 1 aromatic rings. The van der Waals surface area contributed by atoms with Gasteiger partial charge in [0.2, 0.25) is 0 Å². The Labute approximate surface area is 106 Å². The van der Waals surface area contributed by atoms with Crippen molar-refractivity contribution in [1.29, 1.82) is 0 Å². The van der Waals surface area contributed by atoms with Gasteiger partial charge in [0.25, 0.3) is 0 Å². The monoisotopic (exact) mass is 259 g/mol. The van der Waals surface area contributed by atoms with Crippen molar-refractivity contribution in [2.24, 2.45) is 0 Å². The van der Waals surface area contributed by atoms with Crippen LogP contribution in [0.25, 0.3) is 0 Å². The molecule has 1 aromatic heterocycles. The Morgan fingerprint density at radius 1 is 1.35 bits per heavy atom. The molecule has 0 N–H and O–H groups in total. The van der Waals surface area contributed by atoms with Crippen molar-refractivity contribution in [3.63, 3.8) is 0 Å². The summed E-state index contributed by atoms with van der Waals surface area (Å²) in [6, 6.07) is 0. The molecule has 96 valence electrons. The number of alkyl halides is 1. The lowest BCUT2D eigenvalue weighted by Gasteiger charge is -2.03. The molecule has 0 aliphatic carbocycles. The highest BCUT2D eigenvalue weighted by Crippen LogP contribution is 2.24. The van der Waals surface area contributed by atoms with Gasteiger partial charge in [-0.15, -0.1) is 11.6 Å². The Bertz CT molecular complexity index is 390. The molecule has 0 fully saturated rings. The number of unbranched alkanes of at least 4 members (excludes halogenated alkanes) is 1. The van der Waals surface area contributed by atoms with Gasteiger partial charge >= 0.3 is 5.69 Å². The van der Waals surface area contributed by atoms with E-state index in [1.807, 2.05) is 13.8 Å². The van der Waals surface area contributed by atoms with Crippen molar-refractivity contribution < 1.29 is 4.92 Å². The maximum Gasteiger partial charge on any atom is 0.313 e. The van der Waals surface area contributed by atoms with Crippen LogP contribution in [0.1, 0.15) is 38.1 Å². The minimum absolute atomic E-state index is 0.195. The SMILES string of the molecule is CCc1nn(CCCCCl)c(CC)c1[N+](=O)[O-]. The van der Waals surface area contributed by atoms with Crippen molar-refractivity contribution in [1.82, 2.24) is 9.78 Å². The molecule has 0 spiro atoms. The quantitative estimate of drug-likeness (QED) is 0.327. The lowest BCUT2D eigenvalue weighted by atomic mass is 10.2. The van der Waals surface area contributed by atoms with Gasteiger partial charge in [0.15, 0.2) is 0 Å². The Morgan fingerprint density at radius 2 is 2.06 bits per heavy atom. The Hall–Kier alpha value is -1.10. The molecule has 1 rings (SSSR count). The molecule has 17 heavy (non-hydrogen) atoms. The zero-order valence-corrected chi connectivity index (χ0v) is 11.0. The average molecular weight is 260 g/mol. The Morgan fingerprint density at radius 3 is 2.53 bits per heavy atom. The van der Waals surface area contributed by atoms with Crippen LogP contribution in [0.15, 0.2) is 0 Å². The first-order chi connectivity index (χ1) is 8.15. The molecule has 0 aliphatic rings. The van der Waals surface area contributed by atoms with Gasteiger partial charge in [-0.2, -0.15) is 5.10 Å². The maximum absolute atomic E-state index is 11.0. The first-order valence-electron chi connectivity index (χ1n) is 5.94. The van der Waals surface area contributed by atoms with Crippen LogP contribution in [0.2, 0.25) is 0 Å². The third kappa shape index (κ3) is 3.19. The molecule has 0 aromatic carbocycles. The second-order valence-corrected chi connectivity index (χ2v) is 4.20. The minimum atomic E-state index is -0.317. The highest BCUT2D eigenvalue weighted by molar-refractivity contribution is 6.17. The van der Waals surface area contributed by atoms with Crippen LogP contribution < -0.4 is 0 Å². The standard InChI is InChI=1S/C11H18ClN3O2/c1-3-9-11(15(16)17)10(4-2)14(13-9)8-6-5-7-12/h3-8H2,1-2H3. The van der Waals surface area contributed by atoms with Gasteiger partial charge in [-0.3, -0.25) is 14.8 Å². The molecule has 0 bridgehead atoms. The minimum Gasteiger partial charge on any atom is -0.262 e. The van der Waals surface area contributed by atoms with E-state index in [1.165, 1.54) is 0 Å². The van der Waals surface area contributed by atoms with Crippen molar-refractivity contribution in [3.8, 4) is 0 Å². The number of hydrogen-bond acceptors (Lipinski definition) is 3. The summed E-state index contributed by atoms with van der Waals surface area (Å²) in [6.07, 6.45) is 3.02. The number of nitrogens with zero attached hydrogens (tertiary/aromatic N) is 3. The van der Waals surface area contributed by atoms with E-state index in [1.54, 1.807) is 4.68 Å². The van der Waals surface area contributed by atoms with Gasteiger partial charge in [-0.25, -0.2) is 0 Å². The van der Waals surface area contributed by atoms with Crippen LogP contribution in [0.4, 0.5) is 5.69 Å². The Kier molecular flexibility index (Phi) is 5.41. The molecule has 6 heteroatoms. The summed E-state index contributed by atoms with van der Waals surface area (Å²) >= 11 is 5.62. The summed E-state index contributed by atoms with van der Waals surface area (Å²) in [6.45, 7) is 4.51. The first kappa shape index (κ1) is 14.0. The van der Waals surface area contributed by atoms with E-state index >= 15 is 0 Å². The van der Waals surface area contributed by atoms with Gasteiger partial charge in [0.05, 0.1) is 4.92 Å². The largest absolute Gasteiger partial charge is 0.313 e. The Balaban J connectivity index is 3.00. The fourth-order valence-corrected chi connectivity index (χ4v) is 2.07. The fourth-order valence-electron chi connectivity index (χ4n) is 1.88. The van der Waals surface area contributed by atoms with E-state index in [0.717, 1.165) is 18.5 Å². The smallest absolute Gasteiger partial charge is 0.262 e. The molecule has 0 saturated heterocycles. The van der Waals surface area contributed by atoms with Crippen LogP contribution in [-0.2, 0) is 19.4 Å². The summed E-state index contributed by atoms with van der Waals surface area (Å²) < 4.78 is 1.77. The van der Waals surface area contributed by atoms with Crippen molar-refractivity contribution in [2.45, 2.75) is 46.1 Å². The number of aromatic nitrogens is 2. The third-order valence-electron chi connectivity index (χ3n) is 2.71. The molecule has 0 atom stereocenters. The maximum atomic E-state index is 11.0. The summed E-state index contributed by atoms with van der Waals surface area (Å²) in [4.78, 5) is 10.7. The lowest BCUT2D eigenvalue weighted by Crippen LogP contribution is -2.05. The van der Waals surface area contributed by atoms with Crippen LogP contribution >= 0.6 is 11.6 Å². The number of hydrogen-bond donors (Lipinski definition) is 0. The number of nitro groups is 1. The predicted molar refractivity (Wildman–Crippen MR) is 67.6 cm³/mol. The van der Waals surface area contributed by atoms with Crippen molar-refractivity contribution >= 4 is 17.3 Å². The normalized spacial score (nSPS) is 10.8. The van der Waals surface area contributed by atoms with Crippen LogP contribution in [0.3, 0.4) is 0 Å². The lowest BCUT2D eigenvalue weighted by molar-refractivity contribution is -0.386. The summed E-state index contributed by atoms with van der Waals surface area (Å²) in [5, 5.41) is 15.4. The highest BCUT2D eigenvalue weighted by atomic mass is 35.5. The van der Waals surface area contributed by atoms with Crippen LogP contribution in [-0.4, -0.2) is 20.6 Å². The van der Waals surface area contributed by atoms with E-state index in [9.17, 15) is 10.1 Å². The van der Waals surface area contributed by atoms with E-state index in [-0.39, 0.29) is 10.6 Å². The highest BCUT2D eigenvalue weighted by Gasteiger charge is 2.24. The van der Waals surface area contributed by atoms with Gasteiger partial charge in [-0.1, -0.05) is 13.8 Å². The zero-order valence-electron chi connectivity index (χ0n) is 10.3. The molecule has 0 aliphatic heterocycles. The van der Waals surface area contributed by atoms with E-state index in [2.05, 4.69) is 5.10 Å². The summed E-state index contributed by atoms with van der Waals surface area (Å²) in [5.74, 6) is 0.617. The summed E-state index contributed by atoms with van der Waals surface area (Å²) in [5.41, 5.74) is 1.50. The van der Waals surface area contributed by atoms with Gasteiger partial charge < -0.3 is 0 Å². The number of aryl methyl sites for hydroxylation is 2. The topological polar surface area (TPSA) is 61.0 Å². The fraction of sp³-hybridized carbons (Fsp3) is 0.727. The average Bonchev–Trinajstić information content (AvgIpc) is 2.67. The number of rotatable bonds is 7. The zero-order chi connectivity index (χ0) is 12.8. The predicted octanol–water partition coefficient (Wildman–Crippen LogP) is 2.94. The van der Waals surface area contributed by atoms with E-state index in [4.69, 9.17) is 11.6 Å². The van der Waals surface area contributed by atoms with Crippen molar-refractivity contribution in [3.05, 3.63) is 21.5 Å². The second kappa shape index (κ2) is 6.59. The molecule has 1 heterocycles. The number of halogens is 1. The van der Waals surface area contributed by atoms with Gasteiger partial charge in [0, 0.05) is 12.4 Å². The molecular weight excluding hydrogens is 242 g/mol. The molecule has 0 radical (unpaired) electrons. The van der Waals surface area contributed by atoms with Crippen LogP contribution in [0, 0.1) is 10.1 Å². The van der Waals surface area contributed by atoms with Gasteiger partial charge in [-0.05, 0) is 25.7 Å². The van der Waals surface area contributed by atoms with Crippen LogP contribution in [0.5, 0.6) is 0 Å². The first-order valence-corrected chi connectivity index (χ1v) is 6.48. The second-order valence-electron chi connectivity index (χ2n) is 3.83. The molecular formula is C11H18ClN3O2. The van der Waals surface area contributed by atoms with E-state index < -0.39 is 0 Å². The van der Waals surface area contributed by atoms with Crippen molar-refractivity contribution in [2.75, 3.05) is 5.88 Å². The van der Waals surface area contributed by atoms with E-state index in [0.29, 0.717) is 31.0 Å². The van der Waals surface area contributed by atoms with Gasteiger partial charge in [0.1, 0.15) is 11.4 Å². The molecule has 5 nitrogen and oxygen atoms in total. The molecule has 0 saturated carbocycles.